The Bertz CT molecular complexity index is 1010. The van der Waals surface area contributed by atoms with Gasteiger partial charge in [0, 0.05) is 6.54 Å². The molecule has 0 spiro atoms. The van der Waals surface area contributed by atoms with Gasteiger partial charge in [-0.05, 0) is 31.5 Å². The van der Waals surface area contributed by atoms with Crippen LogP contribution in [0.2, 0.25) is 0 Å². The molecule has 4 unspecified atom stereocenters. The Morgan fingerprint density at radius 3 is 2.18 bits per heavy atom. The molecule has 0 N–H and O–H groups in total. The first-order valence-corrected chi connectivity index (χ1v) is 10.7. The average Bonchev–Trinajstić information content (AvgIpc) is 3.29. The second kappa shape index (κ2) is 9.36. The largest absolute Gasteiger partial charge is 0.471 e. The summed E-state index contributed by atoms with van der Waals surface area (Å²) >= 11 is 0. The maximum atomic E-state index is 13.5. The second-order valence-corrected chi connectivity index (χ2v) is 8.51. The van der Waals surface area contributed by atoms with Gasteiger partial charge in [0.2, 0.25) is 0 Å². The van der Waals surface area contributed by atoms with Crippen LogP contribution < -0.4 is 0 Å². The lowest BCUT2D eigenvalue weighted by Crippen LogP contribution is -2.51. The highest BCUT2D eigenvalue weighted by Gasteiger charge is 2.59. The molecule has 2 aliphatic heterocycles. The van der Waals surface area contributed by atoms with E-state index in [0.717, 1.165) is 0 Å². The number of fused-ring (bicyclic) bond motifs is 1. The normalized spacial score (nSPS) is 25.6. The highest BCUT2D eigenvalue weighted by atomic mass is 19.4. The number of rotatable bonds is 6. The molecule has 0 bridgehead atoms. The molecule has 2 aliphatic rings. The summed E-state index contributed by atoms with van der Waals surface area (Å²) in [5, 5.41) is 0. The van der Waals surface area contributed by atoms with Crippen LogP contribution in [0.1, 0.15) is 29.8 Å². The van der Waals surface area contributed by atoms with Crippen molar-refractivity contribution in [2.45, 2.75) is 56.9 Å². The van der Waals surface area contributed by atoms with Gasteiger partial charge in [0.1, 0.15) is 24.9 Å². The van der Waals surface area contributed by atoms with Gasteiger partial charge in [0.05, 0.1) is 5.56 Å². The Balaban J connectivity index is 1.57. The number of ether oxygens (including phenoxy) is 4. The predicted octanol–water partition coefficient (Wildman–Crippen LogP) is 3.68. The molecular weight excluding hydrogens is 455 g/mol. The summed E-state index contributed by atoms with van der Waals surface area (Å²) in [5.41, 5.74) is 0.799. The molecule has 0 radical (unpaired) electrons. The van der Waals surface area contributed by atoms with Crippen LogP contribution in [0.4, 0.5) is 13.2 Å². The summed E-state index contributed by atoms with van der Waals surface area (Å²) in [7, 11) is 0. The lowest BCUT2D eigenvalue weighted by Gasteiger charge is -2.33. The average molecular weight is 479 g/mol. The van der Waals surface area contributed by atoms with Gasteiger partial charge < -0.3 is 23.8 Å². The molecule has 4 rings (SSSR count). The van der Waals surface area contributed by atoms with Gasteiger partial charge in [-0.3, -0.25) is 4.79 Å². The number of alkyl halides is 3. The number of hydrogen-bond acceptors (Lipinski definition) is 6. The minimum absolute atomic E-state index is 0.287. The Morgan fingerprint density at radius 1 is 0.971 bits per heavy atom. The van der Waals surface area contributed by atoms with Crippen molar-refractivity contribution in [1.82, 2.24) is 4.90 Å². The van der Waals surface area contributed by atoms with Crippen molar-refractivity contribution in [3.63, 3.8) is 0 Å². The van der Waals surface area contributed by atoms with E-state index < -0.39 is 48.4 Å². The first kappa shape index (κ1) is 24.2. The molecule has 2 saturated heterocycles. The van der Waals surface area contributed by atoms with Crippen molar-refractivity contribution in [1.29, 1.82) is 0 Å². The third-order valence-corrected chi connectivity index (χ3v) is 5.52. The Labute approximate surface area is 194 Å². The fraction of sp³-hybridized carbons (Fsp3) is 0.417. The summed E-state index contributed by atoms with van der Waals surface area (Å²) in [6.45, 7) is 2.59. The molecule has 0 aromatic heterocycles. The van der Waals surface area contributed by atoms with Crippen molar-refractivity contribution >= 4 is 11.9 Å². The van der Waals surface area contributed by atoms with Crippen molar-refractivity contribution in [3.8, 4) is 0 Å². The molecule has 2 aromatic carbocycles. The zero-order valence-electron chi connectivity index (χ0n) is 18.5. The fourth-order valence-electron chi connectivity index (χ4n) is 4.08. The van der Waals surface area contributed by atoms with Gasteiger partial charge in [0.15, 0.2) is 12.0 Å². The van der Waals surface area contributed by atoms with E-state index in [-0.39, 0.29) is 13.2 Å². The topological polar surface area (TPSA) is 74.3 Å². The monoisotopic (exact) mass is 479 g/mol. The van der Waals surface area contributed by atoms with Crippen LogP contribution in [0, 0.1) is 0 Å². The van der Waals surface area contributed by atoms with Gasteiger partial charge >= 0.3 is 18.1 Å². The number of esters is 1. The molecule has 2 fully saturated rings. The summed E-state index contributed by atoms with van der Waals surface area (Å²) in [6, 6.07) is 16.5. The second-order valence-electron chi connectivity index (χ2n) is 8.51. The fourth-order valence-corrected chi connectivity index (χ4v) is 4.08. The Morgan fingerprint density at radius 2 is 1.56 bits per heavy atom. The van der Waals surface area contributed by atoms with Crippen LogP contribution in [0.3, 0.4) is 0 Å². The molecule has 2 heterocycles. The first-order chi connectivity index (χ1) is 16.0. The molecule has 10 heteroatoms. The number of benzene rings is 2. The molecule has 0 saturated carbocycles. The molecule has 4 atom stereocenters. The summed E-state index contributed by atoms with van der Waals surface area (Å²) in [6.07, 6.45) is -9.32. The number of carbonyl (C=O) groups excluding carboxylic acids is 2. The smallest absolute Gasteiger partial charge is 0.459 e. The lowest BCUT2D eigenvalue weighted by molar-refractivity contribution is -0.225. The van der Waals surface area contributed by atoms with E-state index in [0.29, 0.717) is 16.0 Å². The maximum Gasteiger partial charge on any atom is 0.471 e. The first-order valence-electron chi connectivity index (χ1n) is 10.7. The summed E-state index contributed by atoms with van der Waals surface area (Å²) in [4.78, 5) is 25.4. The van der Waals surface area contributed by atoms with Crippen molar-refractivity contribution in [3.05, 3.63) is 71.8 Å². The predicted molar refractivity (Wildman–Crippen MR) is 112 cm³/mol. The summed E-state index contributed by atoms with van der Waals surface area (Å²) < 4.78 is 63.4. The number of halogens is 3. The standard InChI is InChI=1S/C24H24F3NO6/c1-23(2)33-18-17(14-31-21(29)16-11-7-4-8-12-16)32-20(19(18)34-23)28(22(30)24(25,26)27)13-15-9-5-3-6-10-15/h3-12,17-20H,13-14H2,1-2H3. The molecule has 2 aromatic rings. The zero-order valence-corrected chi connectivity index (χ0v) is 18.5. The highest BCUT2D eigenvalue weighted by Crippen LogP contribution is 2.41. The van der Waals surface area contributed by atoms with E-state index in [2.05, 4.69) is 0 Å². The molecule has 0 aliphatic carbocycles. The van der Waals surface area contributed by atoms with Gasteiger partial charge in [-0.1, -0.05) is 48.5 Å². The third kappa shape index (κ3) is 5.24. The highest BCUT2D eigenvalue weighted by molar-refractivity contribution is 5.89. The van der Waals surface area contributed by atoms with Gasteiger partial charge in [-0.15, -0.1) is 0 Å². The molecule has 34 heavy (non-hydrogen) atoms. The van der Waals surface area contributed by atoms with Crippen molar-refractivity contribution in [2.24, 2.45) is 0 Å². The van der Waals surface area contributed by atoms with Crippen molar-refractivity contribution in [2.75, 3.05) is 6.61 Å². The number of carbonyl (C=O) groups is 2. The lowest BCUT2D eigenvalue weighted by atomic mass is 10.1. The van der Waals surface area contributed by atoms with E-state index in [1.807, 2.05) is 0 Å². The minimum Gasteiger partial charge on any atom is -0.459 e. The number of nitrogens with zero attached hydrogens (tertiary/aromatic N) is 1. The SMILES string of the molecule is CC1(C)OC2C(COC(=O)c3ccccc3)OC(N(Cc3ccccc3)C(=O)C(F)(F)F)C2O1. The van der Waals surface area contributed by atoms with E-state index in [1.165, 1.54) is 0 Å². The molecular formula is C24H24F3NO6. The van der Waals surface area contributed by atoms with Gasteiger partial charge in [-0.25, -0.2) is 4.79 Å². The quantitative estimate of drug-likeness (QED) is 0.589. The van der Waals surface area contributed by atoms with E-state index in [9.17, 15) is 22.8 Å². The van der Waals surface area contributed by atoms with Crippen LogP contribution in [0.15, 0.2) is 60.7 Å². The van der Waals surface area contributed by atoms with E-state index in [4.69, 9.17) is 18.9 Å². The van der Waals surface area contributed by atoms with Crippen LogP contribution >= 0.6 is 0 Å². The van der Waals surface area contributed by atoms with E-state index >= 15 is 0 Å². The maximum absolute atomic E-state index is 13.5. The Kier molecular flexibility index (Phi) is 6.66. The Hall–Kier alpha value is -2.95. The zero-order chi connectivity index (χ0) is 24.5. The molecule has 7 nitrogen and oxygen atoms in total. The van der Waals surface area contributed by atoms with Crippen molar-refractivity contribution < 1.29 is 41.7 Å². The van der Waals surface area contributed by atoms with Crippen LogP contribution in [-0.4, -0.2) is 59.9 Å². The number of amides is 1. The van der Waals surface area contributed by atoms with Crippen LogP contribution in [-0.2, 0) is 30.3 Å². The number of hydrogen-bond donors (Lipinski definition) is 0. The summed E-state index contributed by atoms with van der Waals surface area (Å²) in [5.74, 6) is -3.80. The van der Waals surface area contributed by atoms with E-state index in [1.54, 1.807) is 74.5 Å². The molecule has 1 amide bonds. The minimum atomic E-state index is -5.12. The van der Waals surface area contributed by atoms with Gasteiger partial charge in [0.25, 0.3) is 0 Å². The van der Waals surface area contributed by atoms with Crippen LogP contribution in [0.5, 0.6) is 0 Å². The third-order valence-electron chi connectivity index (χ3n) is 5.52. The van der Waals surface area contributed by atoms with Gasteiger partial charge in [-0.2, -0.15) is 13.2 Å². The van der Waals surface area contributed by atoms with Crippen LogP contribution in [0.25, 0.3) is 0 Å². The molecule has 182 valence electrons.